The van der Waals surface area contributed by atoms with Gasteiger partial charge in [-0.15, -0.1) is 0 Å². The average molecular weight is 312 g/mol. The van der Waals surface area contributed by atoms with Gasteiger partial charge in [0.25, 0.3) is 0 Å². The van der Waals surface area contributed by atoms with Crippen LogP contribution in [-0.4, -0.2) is 34.1 Å². The van der Waals surface area contributed by atoms with Crippen LogP contribution in [0.25, 0.3) is 0 Å². The Morgan fingerprint density at radius 1 is 1.35 bits per heavy atom. The molecule has 1 aliphatic rings. The summed E-state index contributed by atoms with van der Waals surface area (Å²) in [6.45, 7) is 9.47. The molecule has 3 heterocycles. The number of nitrogens with zero attached hydrogens (tertiary/aromatic N) is 4. The van der Waals surface area contributed by atoms with E-state index in [1.165, 1.54) is 6.42 Å². The van der Waals surface area contributed by atoms with Gasteiger partial charge in [0.2, 0.25) is 0 Å². The summed E-state index contributed by atoms with van der Waals surface area (Å²) >= 11 is 0. The average Bonchev–Trinajstić information content (AvgIpc) is 3.15. The molecule has 1 saturated heterocycles. The number of hydrogen-bond acceptors (Lipinski definition) is 4. The number of aldehydes is 1. The van der Waals surface area contributed by atoms with Crippen LogP contribution in [0.5, 0.6) is 0 Å². The van der Waals surface area contributed by atoms with Gasteiger partial charge in [-0.3, -0.25) is 9.48 Å². The molecule has 2 atom stereocenters. The largest absolute Gasteiger partial charge is 0.356 e. The highest BCUT2D eigenvalue weighted by atomic mass is 16.1. The van der Waals surface area contributed by atoms with Crippen molar-refractivity contribution in [2.24, 2.45) is 11.8 Å². The van der Waals surface area contributed by atoms with Gasteiger partial charge in [-0.1, -0.05) is 26.3 Å². The van der Waals surface area contributed by atoms with E-state index in [1.807, 2.05) is 6.92 Å². The molecular formula is C18H24N4O. The lowest BCUT2D eigenvalue weighted by molar-refractivity contribution is 0.112. The number of carbonyl (C=O) groups is 1. The van der Waals surface area contributed by atoms with Gasteiger partial charge in [-0.05, 0) is 30.4 Å². The Morgan fingerprint density at radius 2 is 2.17 bits per heavy atom. The summed E-state index contributed by atoms with van der Waals surface area (Å²) in [6, 6.07) is 4.24. The van der Waals surface area contributed by atoms with Gasteiger partial charge in [0.1, 0.15) is 5.82 Å². The molecule has 0 aromatic carbocycles. The molecule has 2 aromatic rings. The van der Waals surface area contributed by atoms with Crippen LogP contribution in [0.2, 0.25) is 0 Å². The highest BCUT2D eigenvalue weighted by molar-refractivity contribution is 5.73. The van der Waals surface area contributed by atoms with Crippen LogP contribution in [0.3, 0.4) is 0 Å². The first-order valence-corrected chi connectivity index (χ1v) is 8.29. The molecule has 23 heavy (non-hydrogen) atoms. The van der Waals surface area contributed by atoms with Gasteiger partial charge in [-0.25, -0.2) is 4.98 Å². The van der Waals surface area contributed by atoms with E-state index in [9.17, 15) is 4.79 Å². The lowest BCUT2D eigenvalue weighted by Crippen LogP contribution is -2.21. The molecule has 3 rings (SSSR count). The predicted molar refractivity (Wildman–Crippen MR) is 90.8 cm³/mol. The van der Waals surface area contributed by atoms with Crippen LogP contribution in [0, 0.1) is 18.8 Å². The van der Waals surface area contributed by atoms with Gasteiger partial charge < -0.3 is 4.90 Å². The molecule has 0 N–H and O–H groups in total. The van der Waals surface area contributed by atoms with Crippen LogP contribution in [-0.2, 0) is 6.54 Å². The maximum atomic E-state index is 10.7. The van der Waals surface area contributed by atoms with Crippen LogP contribution in [0.4, 0.5) is 5.82 Å². The number of hydrogen-bond donors (Lipinski definition) is 0. The third-order valence-electron chi connectivity index (χ3n) is 4.92. The fourth-order valence-corrected chi connectivity index (χ4v) is 3.37. The summed E-state index contributed by atoms with van der Waals surface area (Å²) < 4.78 is 1.78. The van der Waals surface area contributed by atoms with Crippen molar-refractivity contribution in [1.82, 2.24) is 14.8 Å². The Hall–Kier alpha value is -2.17. The summed E-state index contributed by atoms with van der Waals surface area (Å²) in [5.41, 5.74) is 2.76. The van der Waals surface area contributed by atoms with E-state index < -0.39 is 0 Å². The minimum atomic E-state index is 0.601. The minimum Gasteiger partial charge on any atom is -0.356 e. The van der Waals surface area contributed by atoms with Crippen molar-refractivity contribution in [3.05, 3.63) is 41.3 Å². The van der Waals surface area contributed by atoms with Crippen molar-refractivity contribution in [2.75, 3.05) is 18.0 Å². The molecule has 0 saturated carbocycles. The second kappa shape index (κ2) is 6.52. The zero-order valence-corrected chi connectivity index (χ0v) is 14.1. The molecule has 0 spiro atoms. The molecule has 0 amide bonds. The third-order valence-corrected chi connectivity index (χ3v) is 4.92. The minimum absolute atomic E-state index is 0.601. The van der Waals surface area contributed by atoms with E-state index in [0.717, 1.165) is 48.3 Å². The number of pyridine rings is 1. The zero-order valence-electron chi connectivity index (χ0n) is 14.1. The highest BCUT2D eigenvalue weighted by Gasteiger charge is 2.28. The van der Waals surface area contributed by atoms with Crippen LogP contribution in [0.1, 0.15) is 41.9 Å². The predicted octanol–water partition coefficient (Wildman–Crippen LogP) is 2.93. The molecule has 2 unspecified atom stereocenters. The molecule has 5 heteroatoms. The molecule has 1 aliphatic heterocycles. The summed E-state index contributed by atoms with van der Waals surface area (Å²) in [6.07, 6.45) is 5.39. The van der Waals surface area contributed by atoms with Crippen molar-refractivity contribution < 1.29 is 4.79 Å². The lowest BCUT2D eigenvalue weighted by atomic mass is 9.96. The maximum absolute atomic E-state index is 10.7. The van der Waals surface area contributed by atoms with Crippen molar-refractivity contribution >= 4 is 12.1 Å². The Balaban J connectivity index is 1.74. The van der Waals surface area contributed by atoms with Crippen molar-refractivity contribution in [1.29, 1.82) is 0 Å². The van der Waals surface area contributed by atoms with E-state index in [0.29, 0.717) is 12.1 Å². The summed E-state index contributed by atoms with van der Waals surface area (Å²) in [5.74, 6) is 2.57. The molecule has 122 valence electrons. The standard InChI is InChI=1S/C18H24N4O/c1-4-16-10-21(8-13(16)2)18-6-5-17(14(3)20-18)11-22-9-15(12-23)7-19-22/h5-7,9,12-13,16H,4,8,10-11H2,1-3H3. The van der Waals surface area contributed by atoms with Gasteiger partial charge in [0, 0.05) is 25.0 Å². The molecular weight excluding hydrogens is 288 g/mol. The van der Waals surface area contributed by atoms with Gasteiger partial charge >= 0.3 is 0 Å². The first-order chi connectivity index (χ1) is 11.1. The number of carbonyl (C=O) groups excluding carboxylic acids is 1. The van der Waals surface area contributed by atoms with E-state index >= 15 is 0 Å². The fraction of sp³-hybridized carbons (Fsp3) is 0.500. The fourth-order valence-electron chi connectivity index (χ4n) is 3.37. The van der Waals surface area contributed by atoms with Crippen molar-refractivity contribution in [3.8, 4) is 0 Å². The lowest BCUT2D eigenvalue weighted by Gasteiger charge is -2.19. The molecule has 1 fully saturated rings. The van der Waals surface area contributed by atoms with Gasteiger partial charge in [0.15, 0.2) is 6.29 Å². The van der Waals surface area contributed by atoms with E-state index in [2.05, 4.69) is 36.0 Å². The Morgan fingerprint density at radius 3 is 2.78 bits per heavy atom. The second-order valence-electron chi connectivity index (χ2n) is 6.55. The summed E-state index contributed by atoms with van der Waals surface area (Å²) in [7, 11) is 0. The Kier molecular flexibility index (Phi) is 4.46. The maximum Gasteiger partial charge on any atom is 0.153 e. The van der Waals surface area contributed by atoms with Crippen molar-refractivity contribution in [3.63, 3.8) is 0 Å². The molecule has 5 nitrogen and oxygen atoms in total. The Labute approximate surface area is 137 Å². The van der Waals surface area contributed by atoms with Gasteiger partial charge in [0.05, 0.1) is 18.3 Å². The quantitative estimate of drug-likeness (QED) is 0.797. The first-order valence-electron chi connectivity index (χ1n) is 8.29. The summed E-state index contributed by atoms with van der Waals surface area (Å²) in [5, 5.41) is 4.20. The Bertz CT molecular complexity index is 694. The first kappa shape index (κ1) is 15.7. The topological polar surface area (TPSA) is 51.0 Å². The number of aryl methyl sites for hydroxylation is 1. The molecule has 0 bridgehead atoms. The molecule has 2 aromatic heterocycles. The van der Waals surface area contributed by atoms with E-state index in [1.54, 1.807) is 17.1 Å². The SMILES string of the molecule is CCC1CN(c2ccc(Cn3cc(C=O)cn3)c(C)n2)CC1C. The highest BCUT2D eigenvalue weighted by Crippen LogP contribution is 2.29. The van der Waals surface area contributed by atoms with E-state index in [4.69, 9.17) is 4.98 Å². The van der Waals surface area contributed by atoms with Crippen LogP contribution in [0.15, 0.2) is 24.5 Å². The van der Waals surface area contributed by atoms with E-state index in [-0.39, 0.29) is 0 Å². The monoisotopic (exact) mass is 312 g/mol. The van der Waals surface area contributed by atoms with Crippen molar-refractivity contribution in [2.45, 2.75) is 33.7 Å². The van der Waals surface area contributed by atoms with Crippen LogP contribution >= 0.6 is 0 Å². The zero-order chi connectivity index (χ0) is 16.4. The smallest absolute Gasteiger partial charge is 0.153 e. The molecule has 0 aliphatic carbocycles. The van der Waals surface area contributed by atoms with Gasteiger partial charge in [-0.2, -0.15) is 5.10 Å². The third kappa shape index (κ3) is 3.28. The number of aromatic nitrogens is 3. The normalized spacial score (nSPS) is 20.9. The molecule has 0 radical (unpaired) electrons. The second-order valence-corrected chi connectivity index (χ2v) is 6.55. The van der Waals surface area contributed by atoms with Crippen LogP contribution < -0.4 is 4.90 Å². The number of anilines is 1. The number of rotatable bonds is 5. The summed E-state index contributed by atoms with van der Waals surface area (Å²) in [4.78, 5) is 17.9.